The summed E-state index contributed by atoms with van der Waals surface area (Å²) in [5.74, 6) is 0.100. The third-order valence-electron chi connectivity index (χ3n) is 3.52. The Kier molecular flexibility index (Phi) is 5.22. The number of hydrogen-bond donors (Lipinski definition) is 0. The second-order valence-corrected chi connectivity index (χ2v) is 5.58. The van der Waals surface area contributed by atoms with E-state index in [1.54, 1.807) is 18.2 Å². The van der Waals surface area contributed by atoms with Crippen LogP contribution in [-0.4, -0.2) is 54.9 Å². The summed E-state index contributed by atoms with van der Waals surface area (Å²) >= 11 is 11.8. The number of halogens is 2. The minimum Gasteiger partial charge on any atom is -0.301 e. The van der Waals surface area contributed by atoms with E-state index in [0.717, 1.165) is 32.7 Å². The highest BCUT2D eigenvalue weighted by Gasteiger charge is 2.18. The third-order valence-corrected chi connectivity index (χ3v) is 4.26. The van der Waals surface area contributed by atoms with E-state index in [0.29, 0.717) is 22.2 Å². The molecule has 19 heavy (non-hydrogen) atoms. The molecule has 0 spiro atoms. The Morgan fingerprint density at radius 2 is 1.74 bits per heavy atom. The number of carbonyl (C=O) groups is 1. The molecule has 2 rings (SSSR count). The maximum absolute atomic E-state index is 12.2. The van der Waals surface area contributed by atoms with Gasteiger partial charge < -0.3 is 4.90 Å². The van der Waals surface area contributed by atoms with Gasteiger partial charge in [0.05, 0.1) is 16.6 Å². The van der Waals surface area contributed by atoms with Crippen LogP contribution in [0.1, 0.15) is 17.3 Å². The van der Waals surface area contributed by atoms with Crippen molar-refractivity contribution in [1.82, 2.24) is 9.80 Å². The van der Waals surface area contributed by atoms with Crippen LogP contribution in [0.2, 0.25) is 10.0 Å². The summed E-state index contributed by atoms with van der Waals surface area (Å²) in [6, 6.07) is 5.06. The first-order chi connectivity index (χ1) is 9.10. The van der Waals surface area contributed by atoms with Gasteiger partial charge in [0.1, 0.15) is 0 Å². The summed E-state index contributed by atoms with van der Waals surface area (Å²) in [6.45, 7) is 7.65. The normalized spacial score (nSPS) is 17.6. The highest BCUT2D eigenvalue weighted by molar-refractivity contribution is 6.42. The third kappa shape index (κ3) is 3.93. The van der Waals surface area contributed by atoms with Crippen molar-refractivity contribution < 1.29 is 4.79 Å². The van der Waals surface area contributed by atoms with E-state index in [1.165, 1.54) is 0 Å². The molecule has 0 aliphatic carbocycles. The molecule has 0 bridgehead atoms. The van der Waals surface area contributed by atoms with E-state index in [2.05, 4.69) is 16.7 Å². The molecule has 0 unspecified atom stereocenters. The first-order valence-corrected chi connectivity index (χ1v) is 7.28. The molecule has 1 aromatic rings. The summed E-state index contributed by atoms with van der Waals surface area (Å²) < 4.78 is 0. The molecule has 0 amide bonds. The molecular weight excluding hydrogens is 283 g/mol. The van der Waals surface area contributed by atoms with Gasteiger partial charge in [-0.1, -0.05) is 30.1 Å². The van der Waals surface area contributed by atoms with Crippen LogP contribution in [0.15, 0.2) is 18.2 Å². The van der Waals surface area contributed by atoms with Crippen molar-refractivity contribution in [2.24, 2.45) is 0 Å². The van der Waals surface area contributed by atoms with Crippen LogP contribution >= 0.6 is 23.2 Å². The van der Waals surface area contributed by atoms with Gasteiger partial charge in [0.2, 0.25) is 0 Å². The number of benzene rings is 1. The Morgan fingerprint density at radius 1 is 1.11 bits per heavy atom. The number of nitrogens with zero attached hydrogens (tertiary/aromatic N) is 2. The van der Waals surface area contributed by atoms with Crippen LogP contribution in [0.25, 0.3) is 0 Å². The number of hydrogen-bond acceptors (Lipinski definition) is 3. The standard InChI is InChI=1S/C14H18Cl2N2O/c1-2-17-5-7-18(8-6-17)10-14(19)11-3-4-12(15)13(16)9-11/h3-4,9H,2,5-8,10H2,1H3. The zero-order chi connectivity index (χ0) is 13.8. The fourth-order valence-corrected chi connectivity index (χ4v) is 2.53. The number of carbonyl (C=O) groups excluding carboxylic acids is 1. The molecule has 1 heterocycles. The molecule has 1 aliphatic rings. The van der Waals surface area contributed by atoms with Crippen LogP contribution in [0.4, 0.5) is 0 Å². The van der Waals surface area contributed by atoms with Crippen LogP contribution in [-0.2, 0) is 0 Å². The van der Waals surface area contributed by atoms with Gasteiger partial charge in [-0.15, -0.1) is 0 Å². The summed E-state index contributed by atoms with van der Waals surface area (Å²) in [4.78, 5) is 16.8. The van der Waals surface area contributed by atoms with E-state index in [4.69, 9.17) is 23.2 Å². The van der Waals surface area contributed by atoms with Gasteiger partial charge >= 0.3 is 0 Å². The van der Waals surface area contributed by atoms with E-state index < -0.39 is 0 Å². The summed E-state index contributed by atoms with van der Waals surface area (Å²) in [6.07, 6.45) is 0. The monoisotopic (exact) mass is 300 g/mol. The van der Waals surface area contributed by atoms with Crippen LogP contribution in [0.5, 0.6) is 0 Å². The van der Waals surface area contributed by atoms with Crippen LogP contribution < -0.4 is 0 Å². The molecule has 0 aromatic heterocycles. The second kappa shape index (κ2) is 6.71. The van der Waals surface area contributed by atoms with Gasteiger partial charge in [-0.25, -0.2) is 0 Å². The maximum Gasteiger partial charge on any atom is 0.176 e. The summed E-state index contributed by atoms with van der Waals surface area (Å²) in [5.41, 5.74) is 0.632. The van der Waals surface area contributed by atoms with Gasteiger partial charge in [-0.2, -0.15) is 0 Å². The Hall–Kier alpha value is -0.610. The Morgan fingerprint density at radius 3 is 2.32 bits per heavy atom. The van der Waals surface area contributed by atoms with Crippen molar-refractivity contribution in [2.45, 2.75) is 6.92 Å². The molecule has 1 fully saturated rings. The molecule has 0 radical (unpaired) electrons. The number of piperazine rings is 1. The summed E-state index contributed by atoms with van der Waals surface area (Å²) in [5, 5.41) is 0.915. The van der Waals surface area contributed by atoms with E-state index >= 15 is 0 Å². The highest BCUT2D eigenvalue weighted by Crippen LogP contribution is 2.22. The number of rotatable bonds is 4. The average molecular weight is 301 g/mol. The molecule has 104 valence electrons. The van der Waals surface area contributed by atoms with E-state index in [1.807, 2.05) is 0 Å². The lowest BCUT2D eigenvalue weighted by Gasteiger charge is -2.33. The predicted octanol–water partition coefficient (Wildman–Crippen LogP) is 2.81. The Bertz CT molecular complexity index is 457. The largest absolute Gasteiger partial charge is 0.301 e. The minimum absolute atomic E-state index is 0.100. The molecule has 0 saturated carbocycles. The SMILES string of the molecule is CCN1CCN(CC(=O)c2ccc(Cl)c(Cl)c2)CC1. The number of Topliss-reactive ketones (excluding diaryl/α,β-unsaturated/α-hetero) is 1. The molecule has 0 atom stereocenters. The highest BCUT2D eigenvalue weighted by atomic mass is 35.5. The minimum atomic E-state index is 0.100. The second-order valence-electron chi connectivity index (χ2n) is 4.76. The molecule has 0 N–H and O–H groups in total. The van der Waals surface area contributed by atoms with E-state index in [-0.39, 0.29) is 5.78 Å². The molecule has 5 heteroatoms. The molecule has 3 nitrogen and oxygen atoms in total. The predicted molar refractivity (Wildman–Crippen MR) is 79.3 cm³/mol. The van der Waals surface area contributed by atoms with Gasteiger partial charge in [0.15, 0.2) is 5.78 Å². The van der Waals surface area contributed by atoms with Crippen molar-refractivity contribution in [1.29, 1.82) is 0 Å². The van der Waals surface area contributed by atoms with Crippen molar-refractivity contribution >= 4 is 29.0 Å². The molecular formula is C14H18Cl2N2O. The molecule has 1 saturated heterocycles. The van der Waals surface area contributed by atoms with Crippen molar-refractivity contribution in [2.75, 3.05) is 39.3 Å². The lowest BCUT2D eigenvalue weighted by atomic mass is 10.1. The van der Waals surface area contributed by atoms with Gasteiger partial charge in [0.25, 0.3) is 0 Å². The molecule has 1 aromatic carbocycles. The smallest absolute Gasteiger partial charge is 0.176 e. The Balaban J connectivity index is 1.92. The lowest BCUT2D eigenvalue weighted by molar-refractivity contribution is 0.0859. The van der Waals surface area contributed by atoms with Gasteiger partial charge in [-0.3, -0.25) is 9.69 Å². The van der Waals surface area contributed by atoms with Crippen LogP contribution in [0, 0.1) is 0 Å². The lowest BCUT2D eigenvalue weighted by Crippen LogP contribution is -2.47. The first-order valence-electron chi connectivity index (χ1n) is 6.53. The van der Waals surface area contributed by atoms with Crippen molar-refractivity contribution in [3.05, 3.63) is 33.8 Å². The topological polar surface area (TPSA) is 23.6 Å². The number of likely N-dealkylation sites (N-methyl/N-ethyl adjacent to an activating group) is 1. The fourth-order valence-electron chi connectivity index (χ4n) is 2.23. The zero-order valence-corrected chi connectivity index (χ0v) is 12.5. The van der Waals surface area contributed by atoms with Crippen molar-refractivity contribution in [3.63, 3.8) is 0 Å². The Labute approximate surface area is 124 Å². The van der Waals surface area contributed by atoms with E-state index in [9.17, 15) is 4.79 Å². The number of ketones is 1. The fraction of sp³-hybridized carbons (Fsp3) is 0.500. The quantitative estimate of drug-likeness (QED) is 0.799. The van der Waals surface area contributed by atoms with Gasteiger partial charge in [0, 0.05) is 31.7 Å². The zero-order valence-electron chi connectivity index (χ0n) is 11.0. The van der Waals surface area contributed by atoms with Gasteiger partial charge in [-0.05, 0) is 24.7 Å². The molecule has 1 aliphatic heterocycles. The van der Waals surface area contributed by atoms with Crippen molar-refractivity contribution in [3.8, 4) is 0 Å². The van der Waals surface area contributed by atoms with Crippen LogP contribution in [0.3, 0.4) is 0 Å². The summed E-state index contributed by atoms with van der Waals surface area (Å²) in [7, 11) is 0. The maximum atomic E-state index is 12.2. The average Bonchev–Trinajstić information content (AvgIpc) is 2.42. The first kappa shape index (κ1) is 14.8.